The molecule has 5 nitrogen and oxygen atoms in total. The maximum atomic E-state index is 12.4. The van der Waals surface area contributed by atoms with Gasteiger partial charge < -0.3 is 20.1 Å². The number of anilines is 1. The van der Waals surface area contributed by atoms with Crippen LogP contribution in [0.25, 0.3) is 0 Å². The Morgan fingerprint density at radius 3 is 2.70 bits per heavy atom. The Hall–Kier alpha value is -1.01. The lowest BCUT2D eigenvalue weighted by atomic mass is 9.88. The standard InChI is InChI=1S/C16H20Cl2N2O3/c1-10-12(17)2-3-13(14(10)18)19-15(22)20-6-4-16(5-7-20)8-11(21)9-23-16/h2-3,11,21H,4-9H2,1H3,(H,19,22)/t11-/m0/s1. The number of rotatable bonds is 1. The lowest BCUT2D eigenvalue weighted by molar-refractivity contribution is -0.0365. The summed E-state index contributed by atoms with van der Waals surface area (Å²) in [5.74, 6) is 0. The predicted octanol–water partition coefficient (Wildman–Crippen LogP) is 3.45. The molecule has 2 saturated heterocycles. The third-order valence-electron chi connectivity index (χ3n) is 4.71. The number of benzene rings is 1. The second-order valence-electron chi connectivity index (χ2n) is 6.30. The fourth-order valence-corrected chi connectivity index (χ4v) is 3.66. The normalized spacial score (nSPS) is 23.3. The number of hydrogen-bond acceptors (Lipinski definition) is 3. The molecular weight excluding hydrogens is 339 g/mol. The third-order valence-corrected chi connectivity index (χ3v) is 5.61. The third kappa shape index (κ3) is 3.43. The molecule has 2 amide bonds. The zero-order valence-electron chi connectivity index (χ0n) is 12.9. The molecule has 0 aromatic heterocycles. The molecule has 2 aliphatic heterocycles. The topological polar surface area (TPSA) is 61.8 Å². The molecule has 1 aromatic rings. The van der Waals surface area contributed by atoms with E-state index in [1.54, 1.807) is 17.0 Å². The number of nitrogens with one attached hydrogen (secondary N) is 1. The van der Waals surface area contributed by atoms with Gasteiger partial charge in [-0.25, -0.2) is 4.79 Å². The summed E-state index contributed by atoms with van der Waals surface area (Å²) < 4.78 is 5.74. The van der Waals surface area contributed by atoms with Crippen molar-refractivity contribution in [2.75, 3.05) is 25.0 Å². The number of likely N-dealkylation sites (tertiary alicyclic amines) is 1. The zero-order valence-corrected chi connectivity index (χ0v) is 14.5. The molecule has 1 atom stereocenters. The summed E-state index contributed by atoms with van der Waals surface area (Å²) in [6.07, 6.45) is 1.76. The van der Waals surface area contributed by atoms with Crippen LogP contribution < -0.4 is 5.32 Å². The van der Waals surface area contributed by atoms with Gasteiger partial charge in [0.15, 0.2) is 0 Å². The minimum absolute atomic E-state index is 0.179. The van der Waals surface area contributed by atoms with Crippen molar-refractivity contribution in [3.05, 3.63) is 27.7 Å². The lowest BCUT2D eigenvalue weighted by Crippen LogP contribution is -2.48. The number of hydrogen-bond donors (Lipinski definition) is 2. The number of amides is 2. The quantitative estimate of drug-likeness (QED) is 0.807. The minimum atomic E-state index is -0.383. The average molecular weight is 359 g/mol. The molecule has 1 aromatic carbocycles. The van der Waals surface area contributed by atoms with Gasteiger partial charge in [0.2, 0.25) is 0 Å². The van der Waals surface area contributed by atoms with Gasteiger partial charge in [-0.1, -0.05) is 23.2 Å². The molecule has 2 N–H and O–H groups in total. The summed E-state index contributed by atoms with van der Waals surface area (Å²) in [7, 11) is 0. The highest BCUT2D eigenvalue weighted by Gasteiger charge is 2.42. The van der Waals surface area contributed by atoms with E-state index in [0.29, 0.717) is 41.8 Å². The lowest BCUT2D eigenvalue weighted by Gasteiger charge is -2.38. The molecule has 0 radical (unpaired) electrons. The molecule has 2 heterocycles. The van der Waals surface area contributed by atoms with Crippen molar-refractivity contribution in [2.24, 2.45) is 0 Å². The van der Waals surface area contributed by atoms with Crippen LogP contribution >= 0.6 is 23.2 Å². The Morgan fingerprint density at radius 1 is 1.39 bits per heavy atom. The fourth-order valence-electron chi connectivity index (χ4n) is 3.24. The Bertz CT molecular complexity index is 616. The Kier molecular flexibility index (Phi) is 4.74. The van der Waals surface area contributed by atoms with E-state index in [9.17, 15) is 9.90 Å². The molecule has 0 unspecified atom stereocenters. The molecule has 23 heavy (non-hydrogen) atoms. The number of ether oxygens (including phenoxy) is 1. The van der Waals surface area contributed by atoms with Crippen molar-refractivity contribution in [1.82, 2.24) is 4.90 Å². The van der Waals surface area contributed by atoms with Gasteiger partial charge in [0.1, 0.15) is 0 Å². The van der Waals surface area contributed by atoms with Crippen LogP contribution in [0.3, 0.4) is 0 Å². The minimum Gasteiger partial charge on any atom is -0.391 e. The molecule has 1 spiro atoms. The van der Waals surface area contributed by atoms with Crippen LogP contribution in [0.2, 0.25) is 10.0 Å². The van der Waals surface area contributed by atoms with E-state index in [1.165, 1.54) is 0 Å². The van der Waals surface area contributed by atoms with Crippen molar-refractivity contribution >= 4 is 34.9 Å². The van der Waals surface area contributed by atoms with Gasteiger partial charge in [0, 0.05) is 24.5 Å². The van der Waals surface area contributed by atoms with Gasteiger partial charge in [-0.15, -0.1) is 0 Å². The largest absolute Gasteiger partial charge is 0.391 e. The van der Waals surface area contributed by atoms with E-state index >= 15 is 0 Å². The molecule has 2 aliphatic rings. The average Bonchev–Trinajstić information content (AvgIpc) is 2.89. The number of aliphatic hydroxyl groups is 1. The molecule has 3 rings (SSSR count). The highest BCUT2D eigenvalue weighted by molar-refractivity contribution is 6.38. The van der Waals surface area contributed by atoms with Crippen molar-refractivity contribution < 1.29 is 14.6 Å². The summed E-state index contributed by atoms with van der Waals surface area (Å²) in [4.78, 5) is 14.2. The van der Waals surface area contributed by atoms with Crippen LogP contribution in [0.1, 0.15) is 24.8 Å². The monoisotopic (exact) mass is 358 g/mol. The van der Waals surface area contributed by atoms with Crippen molar-refractivity contribution in [2.45, 2.75) is 37.9 Å². The number of aliphatic hydroxyl groups excluding tert-OH is 1. The Balaban J connectivity index is 1.61. The number of carbonyl (C=O) groups excluding carboxylic acids is 1. The van der Waals surface area contributed by atoms with E-state index in [1.807, 2.05) is 6.92 Å². The smallest absolute Gasteiger partial charge is 0.321 e. The summed E-state index contributed by atoms with van der Waals surface area (Å²) in [6, 6.07) is 3.25. The number of carbonyl (C=O) groups is 1. The second kappa shape index (κ2) is 6.48. The van der Waals surface area contributed by atoms with Gasteiger partial charge in [-0.3, -0.25) is 0 Å². The van der Waals surface area contributed by atoms with Gasteiger partial charge in [0.05, 0.1) is 29.0 Å². The number of nitrogens with zero attached hydrogens (tertiary/aromatic N) is 1. The summed E-state index contributed by atoms with van der Waals surface area (Å²) in [5, 5.41) is 13.5. The van der Waals surface area contributed by atoms with Gasteiger partial charge in [-0.2, -0.15) is 0 Å². The highest BCUT2D eigenvalue weighted by Crippen LogP contribution is 2.36. The van der Waals surface area contributed by atoms with E-state index < -0.39 is 0 Å². The first-order valence-electron chi connectivity index (χ1n) is 7.73. The Labute approximate surface area is 145 Å². The molecule has 2 fully saturated rings. The van der Waals surface area contributed by atoms with E-state index in [0.717, 1.165) is 18.4 Å². The summed E-state index contributed by atoms with van der Waals surface area (Å²) in [5.41, 5.74) is 1.05. The maximum absolute atomic E-state index is 12.4. The van der Waals surface area contributed by atoms with Crippen LogP contribution in [0.4, 0.5) is 10.5 Å². The first-order chi connectivity index (χ1) is 10.9. The molecule has 126 valence electrons. The van der Waals surface area contributed by atoms with Crippen LogP contribution in [0.5, 0.6) is 0 Å². The first kappa shape index (κ1) is 16.8. The number of urea groups is 1. The first-order valence-corrected chi connectivity index (χ1v) is 8.48. The van der Waals surface area contributed by atoms with E-state index in [2.05, 4.69) is 5.32 Å². The predicted molar refractivity (Wildman–Crippen MR) is 90.3 cm³/mol. The van der Waals surface area contributed by atoms with Crippen LogP contribution in [-0.4, -0.2) is 47.4 Å². The van der Waals surface area contributed by atoms with Crippen LogP contribution in [-0.2, 0) is 4.74 Å². The fraction of sp³-hybridized carbons (Fsp3) is 0.562. The molecule has 0 aliphatic carbocycles. The van der Waals surface area contributed by atoms with Crippen molar-refractivity contribution in [3.63, 3.8) is 0 Å². The maximum Gasteiger partial charge on any atom is 0.321 e. The Morgan fingerprint density at radius 2 is 2.09 bits per heavy atom. The second-order valence-corrected chi connectivity index (χ2v) is 7.09. The summed E-state index contributed by atoms with van der Waals surface area (Å²) in [6.45, 7) is 3.41. The van der Waals surface area contributed by atoms with Crippen LogP contribution in [0, 0.1) is 6.92 Å². The molecule has 0 bridgehead atoms. The van der Waals surface area contributed by atoms with Gasteiger partial charge >= 0.3 is 6.03 Å². The molecular formula is C16H20Cl2N2O3. The number of halogens is 2. The van der Waals surface area contributed by atoms with Crippen LogP contribution in [0.15, 0.2) is 12.1 Å². The van der Waals surface area contributed by atoms with Crippen molar-refractivity contribution in [3.8, 4) is 0 Å². The van der Waals surface area contributed by atoms with Crippen molar-refractivity contribution in [1.29, 1.82) is 0 Å². The zero-order chi connectivity index (χ0) is 16.6. The summed E-state index contributed by atoms with van der Waals surface area (Å²) >= 11 is 12.2. The highest BCUT2D eigenvalue weighted by atomic mass is 35.5. The SMILES string of the molecule is Cc1c(Cl)ccc(NC(=O)N2CCC3(CC2)C[C@H](O)CO3)c1Cl. The van der Waals surface area contributed by atoms with E-state index in [4.69, 9.17) is 27.9 Å². The number of piperidine rings is 1. The van der Waals surface area contributed by atoms with Gasteiger partial charge in [0.25, 0.3) is 0 Å². The van der Waals surface area contributed by atoms with Gasteiger partial charge in [-0.05, 0) is 37.5 Å². The van der Waals surface area contributed by atoms with E-state index in [-0.39, 0.29) is 17.7 Å². The molecule has 7 heteroatoms. The molecule has 0 saturated carbocycles.